The average Bonchev–Trinajstić information content (AvgIpc) is 2.91. The van der Waals surface area contributed by atoms with Gasteiger partial charge in [0.15, 0.2) is 0 Å². The molecule has 0 aliphatic carbocycles. The Hall–Kier alpha value is -2.82. The highest BCUT2D eigenvalue weighted by Gasteiger charge is 2.09. The highest BCUT2D eigenvalue weighted by molar-refractivity contribution is 5.92. The van der Waals surface area contributed by atoms with Gasteiger partial charge in [0.1, 0.15) is 12.1 Å². The van der Waals surface area contributed by atoms with Crippen molar-refractivity contribution in [3.05, 3.63) is 54.4 Å². The summed E-state index contributed by atoms with van der Waals surface area (Å²) in [6.07, 6.45) is 1.69. The zero-order chi connectivity index (χ0) is 14.8. The molecule has 0 aliphatic heterocycles. The number of imidazole rings is 1. The molecular formula is C16H14N2O3. The van der Waals surface area contributed by atoms with Crippen LogP contribution >= 0.6 is 0 Å². The molecule has 0 fully saturated rings. The van der Waals surface area contributed by atoms with Crippen molar-refractivity contribution in [2.75, 3.05) is 6.61 Å². The highest BCUT2D eigenvalue weighted by atomic mass is 16.5. The summed E-state index contributed by atoms with van der Waals surface area (Å²) in [6.45, 7) is 2.56. The van der Waals surface area contributed by atoms with E-state index in [2.05, 4.69) is 4.98 Å². The molecule has 0 aliphatic rings. The molecule has 2 aromatic carbocycles. The Bertz CT molecular complexity index is 791. The number of carboxylic acids is 1. The Balaban J connectivity index is 2.07. The van der Waals surface area contributed by atoms with E-state index in [4.69, 9.17) is 9.84 Å². The minimum absolute atomic E-state index is 0.246. The van der Waals surface area contributed by atoms with Gasteiger partial charge in [-0.2, -0.15) is 0 Å². The number of carbonyl (C=O) groups is 1. The van der Waals surface area contributed by atoms with E-state index in [1.54, 1.807) is 24.5 Å². The number of rotatable bonds is 4. The van der Waals surface area contributed by atoms with Gasteiger partial charge in [-0.25, -0.2) is 9.78 Å². The van der Waals surface area contributed by atoms with Crippen molar-refractivity contribution >= 4 is 17.0 Å². The Labute approximate surface area is 121 Å². The summed E-state index contributed by atoms with van der Waals surface area (Å²) in [5.74, 6) is -0.145. The lowest BCUT2D eigenvalue weighted by molar-refractivity contribution is 0.0697. The SMILES string of the molecule is CCOc1ccc(-n2cnc3ccc(C(=O)O)cc32)cc1. The number of carboxylic acid groups (broad SMARTS) is 1. The molecule has 0 saturated heterocycles. The Morgan fingerprint density at radius 3 is 2.67 bits per heavy atom. The van der Waals surface area contributed by atoms with Crippen LogP contribution in [0.1, 0.15) is 17.3 Å². The van der Waals surface area contributed by atoms with Gasteiger partial charge in [-0.3, -0.25) is 4.57 Å². The summed E-state index contributed by atoms with van der Waals surface area (Å²) in [6, 6.07) is 12.5. The number of benzene rings is 2. The van der Waals surface area contributed by atoms with Crippen LogP contribution in [0, 0.1) is 0 Å². The maximum absolute atomic E-state index is 11.1. The molecule has 1 heterocycles. The third-order valence-electron chi connectivity index (χ3n) is 3.22. The zero-order valence-electron chi connectivity index (χ0n) is 11.5. The topological polar surface area (TPSA) is 64.4 Å². The number of hydrogen-bond acceptors (Lipinski definition) is 3. The number of ether oxygens (including phenoxy) is 1. The van der Waals surface area contributed by atoms with Gasteiger partial charge in [0.25, 0.3) is 0 Å². The lowest BCUT2D eigenvalue weighted by Crippen LogP contribution is -1.98. The Morgan fingerprint density at radius 2 is 2.00 bits per heavy atom. The summed E-state index contributed by atoms with van der Waals surface area (Å²) < 4.78 is 7.27. The highest BCUT2D eigenvalue weighted by Crippen LogP contribution is 2.21. The number of aromatic nitrogens is 2. The Morgan fingerprint density at radius 1 is 1.24 bits per heavy atom. The third kappa shape index (κ3) is 2.45. The van der Waals surface area contributed by atoms with Crippen LogP contribution in [0.25, 0.3) is 16.7 Å². The molecule has 0 bridgehead atoms. The summed E-state index contributed by atoms with van der Waals surface area (Å²) in [5, 5.41) is 9.09. The van der Waals surface area contributed by atoms with Crippen molar-refractivity contribution in [1.29, 1.82) is 0 Å². The molecule has 0 saturated carbocycles. The molecule has 0 atom stereocenters. The molecule has 21 heavy (non-hydrogen) atoms. The van der Waals surface area contributed by atoms with Crippen LogP contribution in [0.5, 0.6) is 5.75 Å². The van der Waals surface area contributed by atoms with Gasteiger partial charge in [-0.1, -0.05) is 0 Å². The van der Waals surface area contributed by atoms with Crippen LogP contribution in [0.3, 0.4) is 0 Å². The first-order chi connectivity index (χ1) is 10.2. The van der Waals surface area contributed by atoms with Crippen LogP contribution in [0.15, 0.2) is 48.8 Å². The predicted molar refractivity (Wildman–Crippen MR) is 79.2 cm³/mol. The van der Waals surface area contributed by atoms with E-state index in [1.807, 2.05) is 35.8 Å². The van der Waals surface area contributed by atoms with Crippen molar-refractivity contribution in [2.24, 2.45) is 0 Å². The first kappa shape index (κ1) is 13.2. The number of fused-ring (bicyclic) bond motifs is 1. The zero-order valence-corrected chi connectivity index (χ0v) is 11.5. The van der Waals surface area contributed by atoms with Crippen LogP contribution in [-0.4, -0.2) is 27.2 Å². The molecule has 5 nitrogen and oxygen atoms in total. The fourth-order valence-electron chi connectivity index (χ4n) is 2.22. The van der Waals surface area contributed by atoms with Crippen LogP contribution < -0.4 is 4.74 Å². The van der Waals surface area contributed by atoms with Gasteiger partial charge in [0.05, 0.1) is 23.2 Å². The van der Waals surface area contributed by atoms with E-state index < -0.39 is 5.97 Å². The fourth-order valence-corrected chi connectivity index (χ4v) is 2.22. The molecule has 3 rings (SSSR count). The van der Waals surface area contributed by atoms with Gasteiger partial charge < -0.3 is 9.84 Å². The second-order valence-electron chi connectivity index (χ2n) is 4.55. The second kappa shape index (κ2) is 5.28. The summed E-state index contributed by atoms with van der Waals surface area (Å²) in [5.41, 5.74) is 2.67. The van der Waals surface area contributed by atoms with Crippen LogP contribution in [0.2, 0.25) is 0 Å². The van der Waals surface area contributed by atoms with Crippen LogP contribution in [0.4, 0.5) is 0 Å². The minimum Gasteiger partial charge on any atom is -0.494 e. The smallest absolute Gasteiger partial charge is 0.335 e. The minimum atomic E-state index is -0.948. The summed E-state index contributed by atoms with van der Waals surface area (Å²) in [4.78, 5) is 15.4. The molecule has 0 spiro atoms. The van der Waals surface area contributed by atoms with Crippen molar-refractivity contribution < 1.29 is 14.6 Å². The van der Waals surface area contributed by atoms with Gasteiger partial charge >= 0.3 is 5.97 Å². The molecule has 0 unspecified atom stereocenters. The van der Waals surface area contributed by atoms with Gasteiger partial charge in [-0.15, -0.1) is 0 Å². The monoisotopic (exact) mass is 282 g/mol. The first-order valence-corrected chi connectivity index (χ1v) is 6.62. The van der Waals surface area contributed by atoms with E-state index in [-0.39, 0.29) is 5.56 Å². The average molecular weight is 282 g/mol. The summed E-state index contributed by atoms with van der Waals surface area (Å²) >= 11 is 0. The largest absolute Gasteiger partial charge is 0.494 e. The fraction of sp³-hybridized carbons (Fsp3) is 0.125. The lowest BCUT2D eigenvalue weighted by atomic mass is 10.2. The van der Waals surface area contributed by atoms with E-state index >= 15 is 0 Å². The molecule has 106 valence electrons. The van der Waals surface area contributed by atoms with Gasteiger partial charge in [-0.05, 0) is 49.4 Å². The number of hydrogen-bond donors (Lipinski definition) is 1. The molecule has 0 radical (unpaired) electrons. The molecule has 1 N–H and O–H groups in total. The van der Waals surface area contributed by atoms with Crippen molar-refractivity contribution in [3.63, 3.8) is 0 Å². The van der Waals surface area contributed by atoms with Crippen molar-refractivity contribution in [2.45, 2.75) is 6.92 Å². The molecule has 3 aromatic rings. The maximum Gasteiger partial charge on any atom is 0.335 e. The second-order valence-corrected chi connectivity index (χ2v) is 4.55. The van der Waals surface area contributed by atoms with Crippen molar-refractivity contribution in [3.8, 4) is 11.4 Å². The lowest BCUT2D eigenvalue weighted by Gasteiger charge is -2.07. The van der Waals surface area contributed by atoms with E-state index in [1.165, 1.54) is 0 Å². The molecular weight excluding hydrogens is 268 g/mol. The third-order valence-corrected chi connectivity index (χ3v) is 3.22. The molecule has 1 aromatic heterocycles. The Kier molecular flexibility index (Phi) is 3.31. The van der Waals surface area contributed by atoms with E-state index in [0.29, 0.717) is 6.61 Å². The van der Waals surface area contributed by atoms with Gasteiger partial charge in [0, 0.05) is 5.69 Å². The maximum atomic E-state index is 11.1. The van der Waals surface area contributed by atoms with E-state index in [9.17, 15) is 4.79 Å². The standard InChI is InChI=1S/C16H14N2O3/c1-2-21-13-6-4-12(5-7-13)18-10-17-14-8-3-11(16(19)20)9-15(14)18/h3-10H,2H2,1H3,(H,19,20). The quantitative estimate of drug-likeness (QED) is 0.798. The predicted octanol–water partition coefficient (Wildman–Crippen LogP) is 3.12. The number of nitrogens with zero attached hydrogens (tertiary/aromatic N) is 2. The molecule has 5 heteroatoms. The molecule has 0 amide bonds. The van der Waals surface area contributed by atoms with Gasteiger partial charge in [0.2, 0.25) is 0 Å². The summed E-state index contributed by atoms with van der Waals surface area (Å²) in [7, 11) is 0. The normalized spacial score (nSPS) is 10.7. The van der Waals surface area contributed by atoms with Crippen LogP contribution in [-0.2, 0) is 0 Å². The van der Waals surface area contributed by atoms with Crippen molar-refractivity contribution in [1.82, 2.24) is 9.55 Å². The van der Waals surface area contributed by atoms with E-state index in [0.717, 1.165) is 22.5 Å². The number of aromatic carboxylic acids is 1. The first-order valence-electron chi connectivity index (χ1n) is 6.62.